The van der Waals surface area contributed by atoms with Crippen molar-refractivity contribution < 1.29 is 9.90 Å². The molecule has 0 bridgehead atoms. The number of aliphatic hydroxyl groups excluding tert-OH is 1. The zero-order valence-corrected chi connectivity index (χ0v) is 11.2. The lowest BCUT2D eigenvalue weighted by atomic mass is 9.76. The van der Waals surface area contributed by atoms with Crippen LogP contribution in [-0.4, -0.2) is 28.1 Å². The summed E-state index contributed by atoms with van der Waals surface area (Å²) < 4.78 is 0. The molecule has 1 aliphatic carbocycles. The van der Waals surface area contributed by atoms with Crippen molar-refractivity contribution in [3.05, 3.63) is 35.9 Å². The lowest BCUT2D eigenvalue weighted by Crippen LogP contribution is -2.53. The molecule has 3 atom stereocenters. The summed E-state index contributed by atoms with van der Waals surface area (Å²) in [6.07, 6.45) is 4.20. The van der Waals surface area contributed by atoms with Crippen LogP contribution in [0.2, 0.25) is 0 Å². The zero-order valence-electron chi connectivity index (χ0n) is 11.2. The lowest BCUT2D eigenvalue weighted by molar-refractivity contribution is -0.144. The molecule has 0 unspecified atom stereocenters. The fourth-order valence-electron chi connectivity index (χ4n) is 3.60. The molecule has 19 heavy (non-hydrogen) atoms. The third-order valence-electron chi connectivity index (χ3n) is 4.60. The maximum Gasteiger partial charge on any atom is 0.223 e. The number of likely N-dealkylation sites (tertiary alicyclic amines) is 1. The standard InChI is InChI=1S/C16H21NO2/c18-15-8-4-7-14-13(15)9-10-16(19)17(14)11-12-5-2-1-3-6-12/h1-3,5-6,13-15,18H,4,7-11H2/t13-,14-,15-/m1/s1. The molecule has 1 heterocycles. The molecule has 102 valence electrons. The van der Waals surface area contributed by atoms with Crippen LogP contribution in [0.3, 0.4) is 0 Å². The minimum atomic E-state index is -0.217. The second-order valence-corrected chi connectivity index (χ2v) is 5.78. The van der Waals surface area contributed by atoms with Gasteiger partial charge in [-0.15, -0.1) is 0 Å². The first-order valence-electron chi connectivity index (χ1n) is 7.27. The molecular weight excluding hydrogens is 238 g/mol. The van der Waals surface area contributed by atoms with Gasteiger partial charge in [0, 0.05) is 24.9 Å². The molecule has 1 saturated carbocycles. The fourth-order valence-corrected chi connectivity index (χ4v) is 3.60. The molecule has 3 heteroatoms. The summed E-state index contributed by atoms with van der Waals surface area (Å²) in [6.45, 7) is 0.688. The van der Waals surface area contributed by atoms with Crippen LogP contribution in [-0.2, 0) is 11.3 Å². The summed E-state index contributed by atoms with van der Waals surface area (Å²) >= 11 is 0. The molecule has 1 amide bonds. The van der Waals surface area contributed by atoms with Gasteiger partial charge >= 0.3 is 0 Å². The largest absolute Gasteiger partial charge is 0.393 e. The second-order valence-electron chi connectivity index (χ2n) is 5.78. The monoisotopic (exact) mass is 259 g/mol. The number of benzene rings is 1. The van der Waals surface area contributed by atoms with E-state index in [2.05, 4.69) is 12.1 Å². The molecule has 2 aliphatic rings. The Morgan fingerprint density at radius 3 is 2.74 bits per heavy atom. The number of nitrogens with zero attached hydrogens (tertiary/aromatic N) is 1. The number of rotatable bonds is 2. The number of hydrogen-bond acceptors (Lipinski definition) is 2. The Balaban J connectivity index is 1.79. The van der Waals surface area contributed by atoms with Crippen LogP contribution in [0.1, 0.15) is 37.7 Å². The quantitative estimate of drug-likeness (QED) is 0.885. The van der Waals surface area contributed by atoms with Gasteiger partial charge in [-0.3, -0.25) is 4.79 Å². The van der Waals surface area contributed by atoms with Gasteiger partial charge in [0.2, 0.25) is 5.91 Å². The summed E-state index contributed by atoms with van der Waals surface area (Å²) in [7, 11) is 0. The first-order valence-corrected chi connectivity index (χ1v) is 7.27. The molecule has 2 fully saturated rings. The van der Waals surface area contributed by atoms with Crippen molar-refractivity contribution in [2.45, 2.75) is 50.8 Å². The average molecular weight is 259 g/mol. The van der Waals surface area contributed by atoms with Crippen molar-refractivity contribution in [2.24, 2.45) is 5.92 Å². The van der Waals surface area contributed by atoms with Crippen molar-refractivity contribution in [1.82, 2.24) is 4.90 Å². The van der Waals surface area contributed by atoms with Crippen molar-refractivity contribution in [1.29, 1.82) is 0 Å². The van der Waals surface area contributed by atoms with Crippen LogP contribution < -0.4 is 0 Å². The Hall–Kier alpha value is -1.35. The number of piperidine rings is 1. The van der Waals surface area contributed by atoms with Gasteiger partial charge in [0.25, 0.3) is 0 Å². The summed E-state index contributed by atoms with van der Waals surface area (Å²) in [4.78, 5) is 14.2. The first kappa shape index (κ1) is 12.7. The minimum absolute atomic E-state index is 0.217. The van der Waals surface area contributed by atoms with Gasteiger partial charge in [0.05, 0.1) is 6.10 Å². The van der Waals surface area contributed by atoms with Gasteiger partial charge in [-0.1, -0.05) is 30.3 Å². The SMILES string of the molecule is O=C1CC[C@H]2[C@H](O)CCC[C@H]2N1Cc1ccccc1. The highest BCUT2D eigenvalue weighted by Gasteiger charge is 2.41. The Labute approximate surface area is 114 Å². The van der Waals surface area contributed by atoms with E-state index in [9.17, 15) is 9.90 Å². The molecule has 1 saturated heterocycles. The minimum Gasteiger partial charge on any atom is -0.393 e. The van der Waals surface area contributed by atoms with Gasteiger partial charge in [0.15, 0.2) is 0 Å². The summed E-state index contributed by atoms with van der Waals surface area (Å²) in [6, 6.07) is 10.4. The van der Waals surface area contributed by atoms with Gasteiger partial charge in [-0.05, 0) is 31.2 Å². The predicted molar refractivity (Wildman–Crippen MR) is 73.4 cm³/mol. The number of amides is 1. The van der Waals surface area contributed by atoms with Gasteiger partial charge in [-0.25, -0.2) is 0 Å². The van der Waals surface area contributed by atoms with Crippen LogP contribution >= 0.6 is 0 Å². The predicted octanol–water partition coefficient (Wildman–Crippen LogP) is 2.34. The highest BCUT2D eigenvalue weighted by Crippen LogP contribution is 2.36. The first-order chi connectivity index (χ1) is 9.25. The third-order valence-corrected chi connectivity index (χ3v) is 4.60. The number of fused-ring (bicyclic) bond motifs is 1. The Kier molecular flexibility index (Phi) is 3.56. The molecule has 1 aromatic carbocycles. The summed E-state index contributed by atoms with van der Waals surface area (Å²) in [5.41, 5.74) is 1.18. The number of carbonyl (C=O) groups excluding carboxylic acids is 1. The van der Waals surface area contributed by atoms with Gasteiger partial charge in [-0.2, -0.15) is 0 Å². The van der Waals surface area contributed by atoms with E-state index in [0.717, 1.165) is 25.7 Å². The van der Waals surface area contributed by atoms with Crippen LogP contribution in [0.15, 0.2) is 30.3 Å². The molecule has 3 rings (SSSR count). The maximum absolute atomic E-state index is 12.2. The smallest absolute Gasteiger partial charge is 0.223 e. The Bertz CT molecular complexity index is 445. The number of carbonyl (C=O) groups is 1. The lowest BCUT2D eigenvalue weighted by Gasteiger charge is -2.46. The zero-order chi connectivity index (χ0) is 13.2. The molecule has 1 aromatic rings. The second kappa shape index (κ2) is 5.33. The average Bonchev–Trinajstić information content (AvgIpc) is 2.43. The summed E-state index contributed by atoms with van der Waals surface area (Å²) in [5, 5.41) is 10.1. The maximum atomic E-state index is 12.2. The van der Waals surface area contributed by atoms with Crippen LogP contribution in [0, 0.1) is 5.92 Å². The van der Waals surface area contributed by atoms with Crippen molar-refractivity contribution in [3.8, 4) is 0 Å². The van der Waals surface area contributed by atoms with E-state index in [-0.39, 0.29) is 24.0 Å². The van der Waals surface area contributed by atoms with Crippen LogP contribution in [0.4, 0.5) is 0 Å². The van der Waals surface area contributed by atoms with Crippen molar-refractivity contribution in [2.75, 3.05) is 0 Å². The highest BCUT2D eigenvalue weighted by atomic mass is 16.3. The van der Waals surface area contributed by atoms with Crippen LogP contribution in [0.25, 0.3) is 0 Å². The molecule has 1 N–H and O–H groups in total. The molecular formula is C16H21NO2. The highest BCUT2D eigenvalue weighted by molar-refractivity contribution is 5.77. The topological polar surface area (TPSA) is 40.5 Å². The van der Waals surface area contributed by atoms with Crippen molar-refractivity contribution in [3.63, 3.8) is 0 Å². The van der Waals surface area contributed by atoms with E-state index >= 15 is 0 Å². The van der Waals surface area contributed by atoms with E-state index in [0.29, 0.717) is 13.0 Å². The van der Waals surface area contributed by atoms with Gasteiger partial charge in [0.1, 0.15) is 0 Å². The van der Waals surface area contributed by atoms with Crippen LogP contribution in [0.5, 0.6) is 0 Å². The molecule has 3 nitrogen and oxygen atoms in total. The normalized spacial score (nSPS) is 31.1. The summed E-state index contributed by atoms with van der Waals surface area (Å²) in [5.74, 6) is 0.536. The third kappa shape index (κ3) is 2.52. The number of aliphatic hydroxyl groups is 1. The van der Waals surface area contributed by atoms with E-state index in [1.54, 1.807) is 0 Å². The molecule has 1 aliphatic heterocycles. The van der Waals surface area contributed by atoms with Crippen molar-refractivity contribution >= 4 is 5.91 Å². The number of hydrogen-bond donors (Lipinski definition) is 1. The van der Waals surface area contributed by atoms with E-state index < -0.39 is 0 Å². The fraction of sp³-hybridized carbons (Fsp3) is 0.562. The Morgan fingerprint density at radius 2 is 1.95 bits per heavy atom. The molecule has 0 radical (unpaired) electrons. The van der Waals surface area contributed by atoms with E-state index in [4.69, 9.17) is 0 Å². The molecule has 0 aromatic heterocycles. The van der Waals surface area contributed by atoms with Gasteiger partial charge < -0.3 is 10.0 Å². The molecule has 0 spiro atoms. The Morgan fingerprint density at radius 1 is 1.16 bits per heavy atom. The van der Waals surface area contributed by atoms with E-state index in [1.807, 2.05) is 23.1 Å². The van der Waals surface area contributed by atoms with E-state index in [1.165, 1.54) is 5.56 Å².